The molecular formula is C21H24FN3. The minimum Gasteiger partial charge on any atom is -0.371 e. The molecule has 1 heterocycles. The lowest BCUT2D eigenvalue weighted by Gasteiger charge is -2.44. The van der Waals surface area contributed by atoms with E-state index in [9.17, 15) is 4.39 Å². The van der Waals surface area contributed by atoms with E-state index < -0.39 is 0 Å². The molecule has 2 N–H and O–H groups in total. The highest BCUT2D eigenvalue weighted by Crippen LogP contribution is 2.39. The van der Waals surface area contributed by atoms with Crippen LogP contribution in [-0.4, -0.2) is 11.4 Å². The van der Waals surface area contributed by atoms with Gasteiger partial charge < -0.3 is 10.6 Å². The van der Waals surface area contributed by atoms with Gasteiger partial charge >= 0.3 is 0 Å². The average molecular weight is 337 g/mol. The first-order valence-electron chi connectivity index (χ1n) is 9.10. The molecule has 2 aromatic carbocycles. The minimum atomic E-state index is -0.231. The summed E-state index contributed by atoms with van der Waals surface area (Å²) in [4.78, 5) is 4.92. The van der Waals surface area contributed by atoms with Crippen LogP contribution in [0.1, 0.15) is 43.2 Å². The van der Waals surface area contributed by atoms with Crippen LogP contribution >= 0.6 is 0 Å². The van der Waals surface area contributed by atoms with Crippen molar-refractivity contribution in [1.29, 1.82) is 0 Å². The molecule has 25 heavy (non-hydrogen) atoms. The molecule has 1 aliphatic carbocycles. The number of hydrogen-bond donors (Lipinski definition) is 2. The summed E-state index contributed by atoms with van der Waals surface area (Å²) in [6.45, 7) is 2.73. The molecule has 1 spiro atoms. The number of fused-ring (bicyclic) bond motifs is 1. The van der Waals surface area contributed by atoms with E-state index in [4.69, 9.17) is 4.99 Å². The van der Waals surface area contributed by atoms with E-state index >= 15 is 0 Å². The third kappa shape index (κ3) is 3.26. The number of hydrogen-bond acceptors (Lipinski definition) is 2. The maximum Gasteiger partial charge on any atom is 0.127 e. The van der Waals surface area contributed by atoms with Crippen LogP contribution in [0.2, 0.25) is 0 Å². The zero-order valence-corrected chi connectivity index (χ0v) is 14.6. The highest BCUT2D eigenvalue weighted by molar-refractivity contribution is 6.09. The normalized spacial score (nSPS) is 20.0. The Morgan fingerprint density at radius 3 is 2.68 bits per heavy atom. The number of nitrogens with zero attached hydrogens (tertiary/aromatic N) is 1. The van der Waals surface area contributed by atoms with E-state index in [1.165, 1.54) is 36.5 Å². The van der Waals surface area contributed by atoms with Crippen LogP contribution in [0, 0.1) is 12.7 Å². The number of halogens is 1. The van der Waals surface area contributed by atoms with Crippen molar-refractivity contribution in [2.45, 2.75) is 51.1 Å². The van der Waals surface area contributed by atoms with E-state index in [1.54, 1.807) is 6.07 Å². The van der Waals surface area contributed by atoms with E-state index in [0.29, 0.717) is 6.54 Å². The summed E-state index contributed by atoms with van der Waals surface area (Å²) < 4.78 is 13.6. The molecule has 0 radical (unpaired) electrons. The molecule has 0 bridgehead atoms. The lowest BCUT2D eigenvalue weighted by Crippen LogP contribution is -2.53. The Bertz CT molecular complexity index is 807. The van der Waals surface area contributed by atoms with Crippen molar-refractivity contribution in [1.82, 2.24) is 0 Å². The predicted octanol–water partition coefficient (Wildman–Crippen LogP) is 5.27. The monoisotopic (exact) mass is 337 g/mol. The first-order valence-corrected chi connectivity index (χ1v) is 9.10. The second-order valence-electron chi connectivity index (χ2n) is 7.24. The van der Waals surface area contributed by atoms with Gasteiger partial charge in [0.2, 0.25) is 0 Å². The summed E-state index contributed by atoms with van der Waals surface area (Å²) in [5.74, 6) is 0.720. The number of anilines is 2. The number of nitrogens with one attached hydrogen (secondary N) is 2. The molecule has 2 aromatic rings. The van der Waals surface area contributed by atoms with Crippen LogP contribution in [0.25, 0.3) is 0 Å². The third-order valence-corrected chi connectivity index (χ3v) is 5.27. The Morgan fingerprint density at radius 1 is 1.04 bits per heavy atom. The molecule has 3 nitrogen and oxygen atoms in total. The molecule has 130 valence electrons. The van der Waals surface area contributed by atoms with Crippen molar-refractivity contribution in [3.63, 3.8) is 0 Å². The van der Waals surface area contributed by atoms with Gasteiger partial charge in [0.05, 0.1) is 23.5 Å². The molecule has 1 fully saturated rings. The second-order valence-corrected chi connectivity index (χ2v) is 7.24. The van der Waals surface area contributed by atoms with Crippen molar-refractivity contribution in [3.05, 3.63) is 59.4 Å². The molecule has 4 heteroatoms. The molecule has 0 amide bonds. The van der Waals surface area contributed by atoms with Crippen LogP contribution < -0.4 is 10.6 Å². The van der Waals surface area contributed by atoms with Gasteiger partial charge in [0.1, 0.15) is 11.7 Å². The maximum absolute atomic E-state index is 13.6. The predicted molar refractivity (Wildman–Crippen MR) is 102 cm³/mol. The molecular weight excluding hydrogens is 313 g/mol. The Morgan fingerprint density at radius 2 is 1.88 bits per heavy atom. The lowest BCUT2D eigenvalue weighted by atomic mass is 9.79. The van der Waals surface area contributed by atoms with Crippen LogP contribution in [0.4, 0.5) is 15.8 Å². The number of aliphatic imine (C=N–C) groups is 1. The summed E-state index contributed by atoms with van der Waals surface area (Å²) in [7, 11) is 0. The first-order chi connectivity index (χ1) is 12.1. The van der Waals surface area contributed by atoms with Gasteiger partial charge in [-0.3, -0.25) is 4.99 Å². The Hall–Kier alpha value is -2.36. The topological polar surface area (TPSA) is 36.4 Å². The zero-order valence-electron chi connectivity index (χ0n) is 14.6. The fraction of sp³-hybridized carbons (Fsp3) is 0.381. The maximum atomic E-state index is 13.6. The van der Waals surface area contributed by atoms with Gasteiger partial charge in [-0.05, 0) is 43.5 Å². The fourth-order valence-electron chi connectivity index (χ4n) is 3.98. The quantitative estimate of drug-likeness (QED) is 0.783. The van der Waals surface area contributed by atoms with Gasteiger partial charge in [0.25, 0.3) is 0 Å². The van der Waals surface area contributed by atoms with Gasteiger partial charge in [-0.1, -0.05) is 49.1 Å². The first kappa shape index (κ1) is 16.1. The largest absolute Gasteiger partial charge is 0.371 e. The van der Waals surface area contributed by atoms with Crippen molar-refractivity contribution >= 4 is 17.2 Å². The van der Waals surface area contributed by atoms with Crippen molar-refractivity contribution < 1.29 is 4.39 Å². The zero-order chi connectivity index (χ0) is 17.3. The summed E-state index contributed by atoms with van der Waals surface area (Å²) >= 11 is 0. The summed E-state index contributed by atoms with van der Waals surface area (Å²) in [6, 6.07) is 13.3. The van der Waals surface area contributed by atoms with Gasteiger partial charge in [-0.2, -0.15) is 0 Å². The van der Waals surface area contributed by atoms with Crippen LogP contribution in [0.5, 0.6) is 0 Å². The van der Waals surface area contributed by atoms with Crippen molar-refractivity contribution in [2.24, 2.45) is 4.99 Å². The average Bonchev–Trinajstić information content (AvgIpc) is 2.61. The number of benzene rings is 2. The van der Waals surface area contributed by atoms with Gasteiger partial charge in [0.15, 0.2) is 0 Å². The number of amidine groups is 1. The molecule has 0 aromatic heterocycles. The Kier molecular flexibility index (Phi) is 4.20. The fourth-order valence-corrected chi connectivity index (χ4v) is 3.98. The van der Waals surface area contributed by atoms with Crippen molar-refractivity contribution in [2.75, 3.05) is 10.6 Å². The van der Waals surface area contributed by atoms with Gasteiger partial charge in [0, 0.05) is 0 Å². The molecule has 0 atom stereocenters. The minimum absolute atomic E-state index is 0.146. The summed E-state index contributed by atoms with van der Waals surface area (Å²) in [5.41, 5.74) is 4.04. The van der Waals surface area contributed by atoms with Crippen LogP contribution in [0.3, 0.4) is 0 Å². The van der Waals surface area contributed by atoms with E-state index in [0.717, 1.165) is 30.1 Å². The summed E-state index contributed by atoms with van der Waals surface area (Å²) in [6.07, 6.45) is 5.77. The van der Waals surface area contributed by atoms with Gasteiger partial charge in [-0.25, -0.2) is 4.39 Å². The van der Waals surface area contributed by atoms with Gasteiger partial charge in [-0.15, -0.1) is 0 Å². The highest BCUT2D eigenvalue weighted by atomic mass is 19.1. The molecule has 1 saturated carbocycles. The second kappa shape index (κ2) is 6.51. The molecule has 2 aliphatic rings. The van der Waals surface area contributed by atoms with Crippen molar-refractivity contribution in [3.8, 4) is 0 Å². The summed E-state index contributed by atoms with van der Waals surface area (Å²) in [5, 5.41) is 7.11. The SMILES string of the molecule is Cc1cccc(CN=C2Nc3cc(F)ccc3NC23CCCCC3)c1. The van der Waals surface area contributed by atoms with Crippen LogP contribution in [0.15, 0.2) is 47.5 Å². The molecule has 0 saturated heterocycles. The Balaban J connectivity index is 1.68. The Labute approximate surface area is 148 Å². The number of aryl methyl sites for hydroxylation is 1. The lowest BCUT2D eigenvalue weighted by molar-refractivity contribution is 0.402. The molecule has 4 rings (SSSR count). The van der Waals surface area contributed by atoms with E-state index in [2.05, 4.69) is 41.8 Å². The third-order valence-electron chi connectivity index (χ3n) is 5.27. The number of rotatable bonds is 2. The smallest absolute Gasteiger partial charge is 0.127 e. The molecule has 0 unspecified atom stereocenters. The van der Waals surface area contributed by atoms with E-state index in [-0.39, 0.29) is 11.4 Å². The standard InChI is InChI=1S/C21H24FN3/c1-15-6-5-7-16(12-15)14-23-20-21(10-3-2-4-11-21)25-18-9-8-17(22)13-19(18)24-20/h5-9,12-13,25H,2-4,10-11,14H2,1H3,(H,23,24). The highest BCUT2D eigenvalue weighted by Gasteiger charge is 2.40. The van der Waals surface area contributed by atoms with E-state index in [1.807, 2.05) is 6.07 Å². The molecule has 1 aliphatic heterocycles. The van der Waals surface area contributed by atoms with Crippen LogP contribution in [-0.2, 0) is 6.54 Å².